The SMILES string of the molecule is CC(=O)Nc1ccc(NC(=O)CC2C(=O)NCCN2C(=O)CN2CCN(c3ccccn3)CC2)cc1. The number of hydrogen-bond acceptors (Lipinski definition) is 7. The van der Waals surface area contributed by atoms with Crippen LogP contribution in [0.2, 0.25) is 0 Å². The quantitative estimate of drug-likeness (QED) is 0.513. The van der Waals surface area contributed by atoms with Crippen molar-refractivity contribution < 1.29 is 19.2 Å². The van der Waals surface area contributed by atoms with Crippen LogP contribution in [-0.2, 0) is 19.2 Å². The van der Waals surface area contributed by atoms with Gasteiger partial charge in [0.25, 0.3) is 0 Å². The normalized spacial score (nSPS) is 18.4. The van der Waals surface area contributed by atoms with Gasteiger partial charge in [-0.05, 0) is 36.4 Å². The molecule has 2 aromatic rings. The lowest BCUT2D eigenvalue weighted by atomic mass is 10.1. The predicted octanol–water partition coefficient (Wildman–Crippen LogP) is 0.518. The van der Waals surface area contributed by atoms with Gasteiger partial charge in [-0.25, -0.2) is 4.98 Å². The zero-order valence-corrected chi connectivity index (χ0v) is 20.3. The van der Waals surface area contributed by atoms with E-state index in [2.05, 4.69) is 30.7 Å². The molecule has 2 saturated heterocycles. The van der Waals surface area contributed by atoms with Gasteiger partial charge >= 0.3 is 0 Å². The number of rotatable bonds is 7. The Kier molecular flexibility index (Phi) is 8.11. The molecule has 3 heterocycles. The van der Waals surface area contributed by atoms with Crippen LogP contribution in [0.4, 0.5) is 17.2 Å². The number of carbonyl (C=O) groups is 4. The standard InChI is InChI=1S/C25H31N7O4/c1-18(33)28-19-5-7-20(8-6-19)29-23(34)16-21-25(36)27-10-11-32(21)24(35)17-30-12-14-31(15-13-30)22-4-2-3-9-26-22/h2-9,21H,10-17H2,1H3,(H,27,36)(H,28,33)(H,29,34). The Morgan fingerprint density at radius 1 is 0.972 bits per heavy atom. The zero-order valence-electron chi connectivity index (χ0n) is 20.3. The molecule has 1 aromatic heterocycles. The molecule has 0 bridgehead atoms. The van der Waals surface area contributed by atoms with Crippen LogP contribution in [0.15, 0.2) is 48.7 Å². The van der Waals surface area contributed by atoms with Crippen molar-refractivity contribution in [1.29, 1.82) is 0 Å². The highest BCUT2D eigenvalue weighted by Crippen LogP contribution is 2.17. The highest BCUT2D eigenvalue weighted by atomic mass is 16.2. The number of pyridine rings is 1. The first-order chi connectivity index (χ1) is 17.4. The van der Waals surface area contributed by atoms with E-state index in [1.165, 1.54) is 11.8 Å². The van der Waals surface area contributed by atoms with Gasteiger partial charge in [-0.2, -0.15) is 0 Å². The fourth-order valence-corrected chi connectivity index (χ4v) is 4.40. The monoisotopic (exact) mass is 493 g/mol. The first-order valence-electron chi connectivity index (χ1n) is 12.0. The minimum absolute atomic E-state index is 0.140. The van der Waals surface area contributed by atoms with Gasteiger partial charge < -0.3 is 25.8 Å². The molecule has 3 N–H and O–H groups in total. The van der Waals surface area contributed by atoms with Gasteiger partial charge in [0.2, 0.25) is 23.6 Å². The van der Waals surface area contributed by atoms with Gasteiger partial charge in [0.05, 0.1) is 13.0 Å². The van der Waals surface area contributed by atoms with Crippen LogP contribution in [0.3, 0.4) is 0 Å². The van der Waals surface area contributed by atoms with Gasteiger partial charge in [-0.15, -0.1) is 0 Å². The van der Waals surface area contributed by atoms with Crippen molar-refractivity contribution in [3.8, 4) is 0 Å². The van der Waals surface area contributed by atoms with Gasteiger partial charge in [-0.1, -0.05) is 6.07 Å². The number of amides is 4. The fourth-order valence-electron chi connectivity index (χ4n) is 4.40. The van der Waals surface area contributed by atoms with E-state index in [4.69, 9.17) is 0 Å². The molecule has 2 aliphatic rings. The number of nitrogens with zero attached hydrogens (tertiary/aromatic N) is 4. The van der Waals surface area contributed by atoms with Crippen LogP contribution < -0.4 is 20.9 Å². The molecule has 4 rings (SSSR count). The van der Waals surface area contributed by atoms with Crippen LogP contribution in [0.1, 0.15) is 13.3 Å². The van der Waals surface area contributed by atoms with Gasteiger partial charge in [0, 0.05) is 63.8 Å². The number of nitrogens with one attached hydrogen (secondary N) is 3. The fraction of sp³-hybridized carbons (Fsp3) is 0.400. The number of piperazine rings is 2. The van der Waals surface area contributed by atoms with E-state index in [1.807, 2.05) is 18.2 Å². The molecule has 36 heavy (non-hydrogen) atoms. The Morgan fingerprint density at radius 3 is 2.31 bits per heavy atom. The van der Waals surface area contributed by atoms with E-state index < -0.39 is 6.04 Å². The second-order valence-corrected chi connectivity index (χ2v) is 8.86. The van der Waals surface area contributed by atoms with E-state index in [-0.39, 0.29) is 36.6 Å². The smallest absolute Gasteiger partial charge is 0.243 e. The van der Waals surface area contributed by atoms with Crippen molar-refractivity contribution in [3.63, 3.8) is 0 Å². The lowest BCUT2D eigenvalue weighted by Crippen LogP contribution is -2.60. The molecule has 1 aromatic carbocycles. The molecule has 0 saturated carbocycles. The van der Waals surface area contributed by atoms with E-state index in [0.717, 1.165) is 18.9 Å². The lowest BCUT2D eigenvalue weighted by Gasteiger charge is -2.38. The molecule has 11 heteroatoms. The molecule has 0 spiro atoms. The van der Waals surface area contributed by atoms with E-state index >= 15 is 0 Å². The number of hydrogen-bond donors (Lipinski definition) is 3. The summed E-state index contributed by atoms with van der Waals surface area (Å²) in [6.45, 7) is 5.29. The largest absolute Gasteiger partial charge is 0.354 e. The number of anilines is 3. The number of carbonyl (C=O) groups excluding carboxylic acids is 4. The molecule has 11 nitrogen and oxygen atoms in total. The molecule has 190 valence electrons. The Morgan fingerprint density at radius 2 is 1.67 bits per heavy atom. The Hall–Kier alpha value is -3.99. The van der Waals surface area contributed by atoms with Crippen LogP contribution >= 0.6 is 0 Å². The molecule has 2 fully saturated rings. The summed E-state index contributed by atoms with van der Waals surface area (Å²) >= 11 is 0. The van der Waals surface area contributed by atoms with Gasteiger partial charge in [-0.3, -0.25) is 24.1 Å². The summed E-state index contributed by atoms with van der Waals surface area (Å²) in [4.78, 5) is 59.7. The van der Waals surface area contributed by atoms with Crippen LogP contribution in [0, 0.1) is 0 Å². The average molecular weight is 494 g/mol. The Balaban J connectivity index is 1.30. The number of aromatic nitrogens is 1. The van der Waals surface area contributed by atoms with E-state index in [0.29, 0.717) is 37.6 Å². The molecule has 0 radical (unpaired) electrons. The third-order valence-electron chi connectivity index (χ3n) is 6.22. The number of benzene rings is 1. The molecule has 0 aliphatic carbocycles. The summed E-state index contributed by atoms with van der Waals surface area (Å²) in [6, 6.07) is 11.6. The third kappa shape index (κ3) is 6.57. The molecular weight excluding hydrogens is 462 g/mol. The highest BCUT2D eigenvalue weighted by Gasteiger charge is 2.35. The zero-order chi connectivity index (χ0) is 25.5. The predicted molar refractivity (Wildman–Crippen MR) is 135 cm³/mol. The van der Waals surface area contributed by atoms with Crippen molar-refractivity contribution in [3.05, 3.63) is 48.7 Å². The maximum atomic E-state index is 13.2. The van der Waals surface area contributed by atoms with Gasteiger partial charge in [0.15, 0.2) is 0 Å². The molecule has 4 amide bonds. The molecule has 1 unspecified atom stereocenters. The minimum atomic E-state index is -0.861. The van der Waals surface area contributed by atoms with Crippen molar-refractivity contribution in [2.24, 2.45) is 0 Å². The van der Waals surface area contributed by atoms with Crippen LogP contribution in [0.5, 0.6) is 0 Å². The highest BCUT2D eigenvalue weighted by molar-refractivity contribution is 5.98. The molecule has 2 aliphatic heterocycles. The summed E-state index contributed by atoms with van der Waals surface area (Å²) in [6.07, 6.45) is 1.63. The van der Waals surface area contributed by atoms with Gasteiger partial charge in [0.1, 0.15) is 11.9 Å². The topological polar surface area (TPSA) is 127 Å². The van der Waals surface area contributed by atoms with E-state index in [9.17, 15) is 19.2 Å². The molecular formula is C25H31N7O4. The third-order valence-corrected chi connectivity index (χ3v) is 6.22. The maximum absolute atomic E-state index is 13.2. The van der Waals surface area contributed by atoms with Crippen molar-refractivity contribution >= 4 is 40.8 Å². The van der Waals surface area contributed by atoms with Crippen molar-refractivity contribution in [2.75, 3.05) is 61.3 Å². The summed E-state index contributed by atoms with van der Waals surface area (Å²) < 4.78 is 0. The second kappa shape index (κ2) is 11.6. The first-order valence-corrected chi connectivity index (χ1v) is 12.0. The van der Waals surface area contributed by atoms with E-state index in [1.54, 1.807) is 30.5 Å². The summed E-state index contributed by atoms with van der Waals surface area (Å²) in [5.74, 6) is -0.118. The summed E-state index contributed by atoms with van der Waals surface area (Å²) in [5.41, 5.74) is 1.15. The second-order valence-electron chi connectivity index (χ2n) is 8.86. The summed E-state index contributed by atoms with van der Waals surface area (Å²) in [7, 11) is 0. The lowest BCUT2D eigenvalue weighted by molar-refractivity contribution is -0.145. The minimum Gasteiger partial charge on any atom is -0.354 e. The van der Waals surface area contributed by atoms with Crippen LogP contribution in [0.25, 0.3) is 0 Å². The molecule has 1 atom stereocenters. The maximum Gasteiger partial charge on any atom is 0.243 e. The van der Waals surface area contributed by atoms with Crippen LogP contribution in [-0.4, -0.2) is 90.3 Å². The van der Waals surface area contributed by atoms with Crippen molar-refractivity contribution in [2.45, 2.75) is 19.4 Å². The Labute approximate surface area is 209 Å². The first kappa shape index (κ1) is 25.1. The average Bonchev–Trinajstić information content (AvgIpc) is 2.87. The van der Waals surface area contributed by atoms with Crippen molar-refractivity contribution in [1.82, 2.24) is 20.1 Å². The summed E-state index contributed by atoms with van der Waals surface area (Å²) in [5, 5.41) is 8.18. The Bertz CT molecular complexity index is 1090.